The van der Waals surface area contributed by atoms with E-state index in [1.807, 2.05) is 0 Å². The molecule has 0 atom stereocenters. The molecule has 3 N–H and O–H groups in total. The van der Waals surface area contributed by atoms with E-state index in [1.54, 1.807) is 14.1 Å². The predicted octanol–water partition coefficient (Wildman–Crippen LogP) is 0.573. The first-order valence-electron chi connectivity index (χ1n) is 4.29. The zero-order valence-electron chi connectivity index (χ0n) is 8.68. The number of aromatic nitrogens is 2. The van der Waals surface area contributed by atoms with Crippen molar-refractivity contribution >= 4 is 29.3 Å². The molecule has 0 fully saturated rings. The van der Waals surface area contributed by atoms with E-state index < -0.39 is 0 Å². The van der Waals surface area contributed by atoms with Crippen molar-refractivity contribution in [3.05, 3.63) is 10.7 Å². The van der Waals surface area contributed by atoms with Gasteiger partial charge < -0.3 is 16.0 Å². The van der Waals surface area contributed by atoms with Crippen LogP contribution in [0.1, 0.15) is 10.4 Å². The maximum Gasteiger partial charge on any atom is 0.257 e. The molecule has 7 heteroatoms. The molecule has 6 nitrogen and oxygen atoms in total. The van der Waals surface area contributed by atoms with Crippen LogP contribution in [0.5, 0.6) is 0 Å². The Morgan fingerprint density at radius 3 is 2.33 bits per heavy atom. The Labute approximate surface area is 92.4 Å². The Bertz CT molecular complexity index is 382. The number of amides is 1. The van der Waals surface area contributed by atoms with Gasteiger partial charge in [0.15, 0.2) is 0 Å². The van der Waals surface area contributed by atoms with Crippen molar-refractivity contribution in [3.63, 3.8) is 0 Å². The number of carbonyl (C=O) groups is 1. The molecule has 0 radical (unpaired) electrons. The second kappa shape index (κ2) is 4.79. The summed E-state index contributed by atoms with van der Waals surface area (Å²) in [5.41, 5.74) is 0.237. The zero-order valence-corrected chi connectivity index (χ0v) is 9.44. The maximum absolute atomic E-state index is 11.5. The van der Waals surface area contributed by atoms with E-state index in [0.29, 0.717) is 11.8 Å². The smallest absolute Gasteiger partial charge is 0.257 e. The van der Waals surface area contributed by atoms with Gasteiger partial charge in [-0.2, -0.15) is 4.98 Å². The molecule has 0 saturated carbocycles. The van der Waals surface area contributed by atoms with Gasteiger partial charge in [0.1, 0.15) is 16.5 Å². The second-order valence-corrected chi connectivity index (χ2v) is 3.00. The minimum atomic E-state index is -0.327. The molecule has 0 spiro atoms. The largest absolute Gasteiger partial charge is 0.372 e. The van der Waals surface area contributed by atoms with Gasteiger partial charge in [-0.05, 0) is 0 Å². The highest BCUT2D eigenvalue weighted by Gasteiger charge is 2.17. The fraction of sp³-hybridized carbons (Fsp3) is 0.375. The standard InChI is InChI=1S/C8H12ClN5O/c1-10-6-4(7(15)11-2)5(9)13-8(12-3)14-6/h1-3H3,(H,11,15)(H2,10,12,13,14). The van der Waals surface area contributed by atoms with Gasteiger partial charge in [-0.15, -0.1) is 0 Å². The lowest BCUT2D eigenvalue weighted by Gasteiger charge is -2.09. The number of rotatable bonds is 3. The first-order valence-corrected chi connectivity index (χ1v) is 4.67. The molecular formula is C8H12ClN5O. The molecule has 0 saturated heterocycles. The maximum atomic E-state index is 11.5. The number of anilines is 2. The summed E-state index contributed by atoms with van der Waals surface area (Å²) in [5.74, 6) is 0.419. The molecule has 82 valence electrons. The lowest BCUT2D eigenvalue weighted by molar-refractivity contribution is 0.0963. The highest BCUT2D eigenvalue weighted by Crippen LogP contribution is 2.22. The van der Waals surface area contributed by atoms with Gasteiger partial charge in [0.05, 0.1) is 0 Å². The van der Waals surface area contributed by atoms with Gasteiger partial charge in [-0.3, -0.25) is 4.79 Å². The van der Waals surface area contributed by atoms with Gasteiger partial charge in [0, 0.05) is 21.1 Å². The summed E-state index contributed by atoms with van der Waals surface area (Å²) >= 11 is 5.87. The third-order valence-electron chi connectivity index (χ3n) is 1.78. The molecule has 1 amide bonds. The van der Waals surface area contributed by atoms with E-state index in [4.69, 9.17) is 11.6 Å². The van der Waals surface area contributed by atoms with Crippen molar-refractivity contribution in [2.45, 2.75) is 0 Å². The number of carbonyl (C=O) groups excluding carboxylic acids is 1. The Morgan fingerprint density at radius 2 is 1.87 bits per heavy atom. The monoisotopic (exact) mass is 229 g/mol. The fourth-order valence-electron chi connectivity index (χ4n) is 1.05. The zero-order chi connectivity index (χ0) is 11.4. The van der Waals surface area contributed by atoms with Gasteiger partial charge in [0.2, 0.25) is 5.95 Å². The molecule has 1 rings (SSSR count). The molecule has 1 heterocycles. The lowest BCUT2D eigenvalue weighted by atomic mass is 10.3. The van der Waals surface area contributed by atoms with Crippen LogP contribution in [0.3, 0.4) is 0 Å². The van der Waals surface area contributed by atoms with E-state index >= 15 is 0 Å². The number of nitrogens with zero attached hydrogens (tertiary/aromatic N) is 2. The van der Waals surface area contributed by atoms with Crippen LogP contribution in [0.2, 0.25) is 5.15 Å². The fourth-order valence-corrected chi connectivity index (χ4v) is 1.31. The molecule has 0 bridgehead atoms. The van der Waals surface area contributed by atoms with Crippen molar-refractivity contribution in [1.29, 1.82) is 0 Å². The van der Waals surface area contributed by atoms with Crippen molar-refractivity contribution in [3.8, 4) is 0 Å². The highest BCUT2D eigenvalue weighted by molar-refractivity contribution is 6.33. The molecule has 0 aliphatic heterocycles. The Balaban J connectivity index is 3.30. The van der Waals surface area contributed by atoms with Crippen molar-refractivity contribution in [1.82, 2.24) is 15.3 Å². The predicted molar refractivity (Wildman–Crippen MR) is 59.5 cm³/mol. The van der Waals surface area contributed by atoms with Gasteiger partial charge in [-0.25, -0.2) is 4.98 Å². The molecular weight excluding hydrogens is 218 g/mol. The molecule has 15 heavy (non-hydrogen) atoms. The van der Waals surface area contributed by atoms with Crippen molar-refractivity contribution < 1.29 is 4.79 Å². The van der Waals surface area contributed by atoms with Crippen LogP contribution in [-0.2, 0) is 0 Å². The van der Waals surface area contributed by atoms with Crippen LogP contribution in [0, 0.1) is 0 Å². The summed E-state index contributed by atoms with van der Waals surface area (Å²) in [6.45, 7) is 0. The van der Waals surface area contributed by atoms with Crippen molar-refractivity contribution in [2.24, 2.45) is 0 Å². The SMILES string of the molecule is CNC(=O)c1c(Cl)nc(NC)nc1NC. The number of nitrogens with one attached hydrogen (secondary N) is 3. The van der Waals surface area contributed by atoms with Crippen molar-refractivity contribution in [2.75, 3.05) is 31.8 Å². The summed E-state index contributed by atoms with van der Waals surface area (Å²) in [7, 11) is 4.85. The third kappa shape index (κ3) is 2.27. The highest BCUT2D eigenvalue weighted by atomic mass is 35.5. The molecule has 1 aromatic rings. The van der Waals surface area contributed by atoms with Crippen LogP contribution >= 0.6 is 11.6 Å². The quantitative estimate of drug-likeness (QED) is 0.661. The minimum Gasteiger partial charge on any atom is -0.372 e. The third-order valence-corrected chi connectivity index (χ3v) is 2.05. The Hall–Kier alpha value is -1.56. The lowest BCUT2D eigenvalue weighted by Crippen LogP contribution is -2.21. The summed E-state index contributed by atoms with van der Waals surface area (Å²) in [6, 6.07) is 0. The molecule has 1 aromatic heterocycles. The Morgan fingerprint density at radius 1 is 1.20 bits per heavy atom. The molecule has 0 aromatic carbocycles. The van der Waals surface area contributed by atoms with Crippen LogP contribution in [0.4, 0.5) is 11.8 Å². The van der Waals surface area contributed by atoms with Crippen LogP contribution in [0.15, 0.2) is 0 Å². The van der Waals surface area contributed by atoms with E-state index in [0.717, 1.165) is 0 Å². The number of hydrogen-bond donors (Lipinski definition) is 3. The van der Waals surface area contributed by atoms with Gasteiger partial charge in [0.25, 0.3) is 5.91 Å². The van der Waals surface area contributed by atoms with E-state index in [9.17, 15) is 4.79 Å². The van der Waals surface area contributed by atoms with Crippen LogP contribution < -0.4 is 16.0 Å². The summed E-state index contributed by atoms with van der Waals surface area (Å²) < 4.78 is 0. The first kappa shape index (κ1) is 11.5. The van der Waals surface area contributed by atoms with Crippen LogP contribution in [-0.4, -0.2) is 37.0 Å². The van der Waals surface area contributed by atoms with E-state index in [2.05, 4.69) is 25.9 Å². The molecule has 0 unspecified atom stereocenters. The van der Waals surface area contributed by atoms with Crippen LogP contribution in [0.25, 0.3) is 0 Å². The normalized spacial score (nSPS) is 9.60. The summed E-state index contributed by atoms with van der Waals surface area (Å²) in [6.07, 6.45) is 0. The van der Waals surface area contributed by atoms with E-state index in [1.165, 1.54) is 7.05 Å². The summed E-state index contributed by atoms with van der Waals surface area (Å²) in [4.78, 5) is 19.5. The minimum absolute atomic E-state index is 0.109. The second-order valence-electron chi connectivity index (χ2n) is 2.64. The van der Waals surface area contributed by atoms with Gasteiger partial charge >= 0.3 is 0 Å². The first-order chi connectivity index (χ1) is 7.13. The Kier molecular flexibility index (Phi) is 3.68. The molecule has 0 aliphatic carbocycles. The average molecular weight is 230 g/mol. The number of hydrogen-bond acceptors (Lipinski definition) is 5. The van der Waals surface area contributed by atoms with E-state index in [-0.39, 0.29) is 16.6 Å². The number of halogens is 1. The molecule has 0 aliphatic rings. The van der Waals surface area contributed by atoms with Gasteiger partial charge in [-0.1, -0.05) is 11.6 Å². The summed E-state index contributed by atoms with van der Waals surface area (Å²) in [5, 5.41) is 8.12. The topological polar surface area (TPSA) is 78.9 Å². The average Bonchev–Trinajstić information content (AvgIpc) is 2.26.